The van der Waals surface area contributed by atoms with Crippen LogP contribution in [-0.4, -0.2) is 40.4 Å². The molecule has 0 radical (unpaired) electrons. The Bertz CT molecular complexity index is 313. The summed E-state index contributed by atoms with van der Waals surface area (Å²) in [6, 6.07) is 0.323. The number of nitrogens with zero attached hydrogens (tertiary/aromatic N) is 2. The first-order chi connectivity index (χ1) is 8.45. The molecule has 18 heavy (non-hydrogen) atoms. The van der Waals surface area contributed by atoms with E-state index in [-0.39, 0.29) is 5.91 Å². The highest BCUT2D eigenvalue weighted by Gasteiger charge is 2.30. The molecular formula is C14H26N2O2. The quantitative estimate of drug-likeness (QED) is 0.790. The zero-order valence-corrected chi connectivity index (χ0v) is 12.0. The van der Waals surface area contributed by atoms with Crippen LogP contribution < -0.4 is 0 Å². The summed E-state index contributed by atoms with van der Waals surface area (Å²) in [6.45, 7) is 9.04. The van der Waals surface area contributed by atoms with Crippen LogP contribution in [0.15, 0.2) is 4.99 Å². The lowest BCUT2D eigenvalue weighted by Gasteiger charge is -2.36. The van der Waals surface area contributed by atoms with Gasteiger partial charge in [-0.3, -0.25) is 4.79 Å². The van der Waals surface area contributed by atoms with E-state index >= 15 is 0 Å². The van der Waals surface area contributed by atoms with Gasteiger partial charge in [0.2, 0.25) is 0 Å². The smallest absolute Gasteiger partial charge is 0.277 e. The Morgan fingerprint density at radius 3 is 2.67 bits per heavy atom. The van der Waals surface area contributed by atoms with Gasteiger partial charge in [0, 0.05) is 12.5 Å². The Balaban J connectivity index is 2.78. The van der Waals surface area contributed by atoms with Gasteiger partial charge < -0.3 is 10.0 Å². The summed E-state index contributed by atoms with van der Waals surface area (Å²) in [6.07, 6.45) is 3.05. The molecule has 0 saturated carbocycles. The van der Waals surface area contributed by atoms with E-state index in [1.165, 1.54) is 0 Å². The van der Waals surface area contributed by atoms with Crippen LogP contribution in [0.25, 0.3) is 0 Å². The molecule has 4 nitrogen and oxygen atoms in total. The molecule has 0 saturated heterocycles. The second-order valence-electron chi connectivity index (χ2n) is 5.62. The third-order valence-electron chi connectivity index (χ3n) is 3.32. The largest absolute Gasteiger partial charge is 0.381 e. The third kappa shape index (κ3) is 4.09. The topological polar surface area (TPSA) is 52.9 Å². The van der Waals surface area contributed by atoms with E-state index in [9.17, 15) is 9.90 Å². The molecule has 1 rings (SSSR count). The lowest BCUT2D eigenvalue weighted by atomic mass is 10.0. The molecule has 1 aliphatic heterocycles. The van der Waals surface area contributed by atoms with Crippen molar-refractivity contribution < 1.29 is 9.90 Å². The molecule has 1 amide bonds. The van der Waals surface area contributed by atoms with Gasteiger partial charge >= 0.3 is 0 Å². The molecular weight excluding hydrogens is 228 g/mol. The maximum Gasteiger partial charge on any atom is 0.277 e. The van der Waals surface area contributed by atoms with Crippen molar-refractivity contribution in [1.82, 2.24) is 4.90 Å². The van der Waals surface area contributed by atoms with Crippen LogP contribution in [0.2, 0.25) is 0 Å². The van der Waals surface area contributed by atoms with Crippen LogP contribution in [0.4, 0.5) is 0 Å². The average Bonchev–Trinajstić information content (AvgIpc) is 2.29. The second kappa shape index (κ2) is 6.88. The summed E-state index contributed by atoms with van der Waals surface area (Å²) in [5.41, 5.74) is 0. The number of amides is 1. The van der Waals surface area contributed by atoms with Gasteiger partial charge in [-0.05, 0) is 25.7 Å². The van der Waals surface area contributed by atoms with E-state index in [2.05, 4.69) is 37.6 Å². The molecule has 0 spiro atoms. The molecule has 104 valence electrons. The first-order valence-electron chi connectivity index (χ1n) is 7.01. The Hall–Kier alpha value is -0.900. The van der Waals surface area contributed by atoms with Gasteiger partial charge in [0.1, 0.15) is 5.84 Å². The molecule has 1 aliphatic rings. The Morgan fingerprint density at radius 2 is 2.11 bits per heavy atom. The average molecular weight is 254 g/mol. The molecule has 4 heteroatoms. The molecule has 0 aromatic carbocycles. The number of aliphatic imine (C=N–C) groups is 1. The minimum absolute atomic E-state index is 0.323. The summed E-state index contributed by atoms with van der Waals surface area (Å²) in [4.78, 5) is 17.7. The Morgan fingerprint density at radius 1 is 1.44 bits per heavy atom. The summed E-state index contributed by atoms with van der Waals surface area (Å²) < 4.78 is 0. The van der Waals surface area contributed by atoms with Crippen molar-refractivity contribution in [2.24, 2.45) is 10.9 Å². The monoisotopic (exact) mass is 254 g/mol. The standard InChI is InChI=1S/C14H26N2O2/c1-5-6-7-13-15-14(18)12(17)9-16(13)11(4)8-10(2)3/h10-12,17H,5-9H2,1-4H3. The van der Waals surface area contributed by atoms with Gasteiger partial charge in [-0.2, -0.15) is 4.99 Å². The zero-order valence-electron chi connectivity index (χ0n) is 12.0. The normalized spacial score (nSPS) is 22.3. The number of β-amino-alcohol motifs (C(OH)–C–C–N with tert-alkyl or cyclic N) is 1. The molecule has 2 atom stereocenters. The minimum Gasteiger partial charge on any atom is -0.381 e. The number of hydrogen-bond donors (Lipinski definition) is 1. The summed E-state index contributed by atoms with van der Waals surface area (Å²) in [5.74, 6) is 1.08. The number of carbonyl (C=O) groups is 1. The van der Waals surface area contributed by atoms with Crippen molar-refractivity contribution >= 4 is 11.7 Å². The molecule has 0 aliphatic carbocycles. The van der Waals surface area contributed by atoms with Gasteiger partial charge in [0.15, 0.2) is 6.10 Å². The molecule has 1 N–H and O–H groups in total. The third-order valence-corrected chi connectivity index (χ3v) is 3.32. The lowest BCUT2D eigenvalue weighted by Crippen LogP contribution is -2.49. The van der Waals surface area contributed by atoms with E-state index in [4.69, 9.17) is 0 Å². The van der Waals surface area contributed by atoms with Gasteiger partial charge in [0.25, 0.3) is 5.91 Å². The number of aliphatic hydroxyl groups excluding tert-OH is 1. The van der Waals surface area contributed by atoms with Gasteiger partial charge in [-0.25, -0.2) is 0 Å². The molecule has 0 aromatic rings. The number of unbranched alkanes of at least 4 members (excludes halogenated alkanes) is 1. The van der Waals surface area contributed by atoms with Gasteiger partial charge in [-0.15, -0.1) is 0 Å². The predicted molar refractivity (Wildman–Crippen MR) is 73.6 cm³/mol. The first-order valence-corrected chi connectivity index (χ1v) is 7.01. The fourth-order valence-corrected chi connectivity index (χ4v) is 2.41. The highest BCUT2D eigenvalue weighted by atomic mass is 16.3. The number of carbonyl (C=O) groups excluding carboxylic acids is 1. The van der Waals surface area contributed by atoms with E-state index < -0.39 is 6.10 Å². The maximum absolute atomic E-state index is 11.5. The van der Waals surface area contributed by atoms with E-state index in [1.807, 2.05) is 0 Å². The van der Waals surface area contributed by atoms with Crippen molar-refractivity contribution in [2.75, 3.05) is 6.54 Å². The minimum atomic E-state index is -0.954. The van der Waals surface area contributed by atoms with Crippen LogP contribution in [-0.2, 0) is 4.79 Å². The van der Waals surface area contributed by atoms with Gasteiger partial charge in [0.05, 0.1) is 6.54 Å². The number of aliphatic hydroxyl groups is 1. The number of hydrogen-bond acceptors (Lipinski definition) is 3. The lowest BCUT2D eigenvalue weighted by molar-refractivity contribution is -0.127. The fraction of sp³-hybridized carbons (Fsp3) is 0.857. The molecule has 0 fully saturated rings. The molecule has 1 heterocycles. The highest BCUT2D eigenvalue weighted by molar-refractivity contribution is 5.98. The summed E-state index contributed by atoms with van der Waals surface area (Å²) >= 11 is 0. The molecule has 2 unspecified atom stereocenters. The fourth-order valence-electron chi connectivity index (χ4n) is 2.41. The predicted octanol–water partition coefficient (Wildman–Crippen LogP) is 2.21. The zero-order chi connectivity index (χ0) is 13.7. The Labute approximate surface area is 110 Å². The number of amidine groups is 1. The number of rotatable bonds is 6. The van der Waals surface area contributed by atoms with Crippen molar-refractivity contribution in [2.45, 2.75) is 65.5 Å². The van der Waals surface area contributed by atoms with Crippen LogP contribution in [0, 0.1) is 5.92 Å². The van der Waals surface area contributed by atoms with Crippen LogP contribution in [0.3, 0.4) is 0 Å². The maximum atomic E-state index is 11.5. The van der Waals surface area contributed by atoms with E-state index in [0.717, 1.165) is 31.5 Å². The molecule has 0 bridgehead atoms. The first kappa shape index (κ1) is 15.2. The van der Waals surface area contributed by atoms with Crippen molar-refractivity contribution in [3.8, 4) is 0 Å². The summed E-state index contributed by atoms with van der Waals surface area (Å²) in [7, 11) is 0. The summed E-state index contributed by atoms with van der Waals surface area (Å²) in [5, 5.41) is 9.68. The van der Waals surface area contributed by atoms with Crippen LogP contribution >= 0.6 is 0 Å². The van der Waals surface area contributed by atoms with E-state index in [0.29, 0.717) is 18.5 Å². The second-order valence-corrected chi connectivity index (χ2v) is 5.62. The Kier molecular flexibility index (Phi) is 5.79. The van der Waals surface area contributed by atoms with Crippen molar-refractivity contribution in [1.29, 1.82) is 0 Å². The van der Waals surface area contributed by atoms with Gasteiger partial charge in [-0.1, -0.05) is 27.2 Å². The van der Waals surface area contributed by atoms with Crippen LogP contribution in [0.5, 0.6) is 0 Å². The SMILES string of the molecule is CCCCC1=NC(=O)C(O)CN1C(C)CC(C)C. The molecule has 0 aromatic heterocycles. The highest BCUT2D eigenvalue weighted by Crippen LogP contribution is 2.18. The van der Waals surface area contributed by atoms with E-state index in [1.54, 1.807) is 0 Å². The van der Waals surface area contributed by atoms with Crippen molar-refractivity contribution in [3.63, 3.8) is 0 Å². The van der Waals surface area contributed by atoms with Crippen molar-refractivity contribution in [3.05, 3.63) is 0 Å². The van der Waals surface area contributed by atoms with Crippen LogP contribution in [0.1, 0.15) is 53.4 Å².